The highest BCUT2D eigenvalue weighted by atomic mass is 16.6. The van der Waals surface area contributed by atoms with Crippen molar-refractivity contribution >= 4 is 11.6 Å². The molecule has 0 saturated heterocycles. The Labute approximate surface area is 154 Å². The van der Waals surface area contributed by atoms with E-state index >= 15 is 0 Å². The van der Waals surface area contributed by atoms with Crippen molar-refractivity contribution in [1.29, 1.82) is 0 Å². The second-order valence-electron chi connectivity index (χ2n) is 5.68. The van der Waals surface area contributed by atoms with Gasteiger partial charge in [-0.15, -0.1) is 0 Å². The zero-order valence-electron chi connectivity index (χ0n) is 14.6. The number of nitro groups is 1. The van der Waals surface area contributed by atoms with Gasteiger partial charge >= 0.3 is 0 Å². The number of carbonyl (C=O) groups is 1. The number of aromatic nitrogens is 2. The number of amides is 1. The molecule has 3 rings (SSSR count). The van der Waals surface area contributed by atoms with E-state index in [0.29, 0.717) is 22.7 Å². The van der Waals surface area contributed by atoms with E-state index in [4.69, 9.17) is 9.26 Å². The number of hydrogen-bond acceptors (Lipinski definition) is 7. The third-order valence-electron chi connectivity index (χ3n) is 3.86. The maximum atomic E-state index is 12.2. The second-order valence-corrected chi connectivity index (χ2v) is 5.68. The summed E-state index contributed by atoms with van der Waals surface area (Å²) in [5.74, 6) is 0.763. The van der Waals surface area contributed by atoms with Crippen LogP contribution < -0.4 is 10.1 Å². The Balaban J connectivity index is 1.69. The minimum atomic E-state index is -0.523. The van der Waals surface area contributed by atoms with Crippen LogP contribution >= 0.6 is 0 Å². The van der Waals surface area contributed by atoms with Crippen molar-refractivity contribution in [1.82, 2.24) is 15.5 Å². The number of rotatable bonds is 6. The van der Waals surface area contributed by atoms with Crippen molar-refractivity contribution in [3.63, 3.8) is 0 Å². The van der Waals surface area contributed by atoms with Gasteiger partial charge in [-0.05, 0) is 25.1 Å². The molecule has 0 radical (unpaired) electrons. The quantitative estimate of drug-likeness (QED) is 0.524. The first-order chi connectivity index (χ1) is 13.0. The summed E-state index contributed by atoms with van der Waals surface area (Å²) in [7, 11) is 1.56. The Morgan fingerprint density at radius 3 is 2.85 bits per heavy atom. The fourth-order valence-electron chi connectivity index (χ4n) is 2.41. The fraction of sp³-hybridized carbons (Fsp3) is 0.167. The number of nitrogens with one attached hydrogen (secondary N) is 1. The van der Waals surface area contributed by atoms with E-state index in [9.17, 15) is 14.9 Å². The Hall–Kier alpha value is -3.75. The number of carbonyl (C=O) groups excluding carboxylic acids is 1. The molecule has 0 spiro atoms. The van der Waals surface area contributed by atoms with E-state index in [1.807, 2.05) is 0 Å². The number of nitrogens with zero attached hydrogens (tertiary/aromatic N) is 3. The smallest absolute Gasteiger partial charge is 0.273 e. The molecule has 27 heavy (non-hydrogen) atoms. The molecule has 1 heterocycles. The lowest BCUT2D eigenvalue weighted by atomic mass is 10.1. The van der Waals surface area contributed by atoms with Gasteiger partial charge < -0.3 is 14.6 Å². The molecule has 0 aliphatic rings. The Morgan fingerprint density at radius 2 is 2.11 bits per heavy atom. The normalized spacial score (nSPS) is 10.4. The van der Waals surface area contributed by atoms with Gasteiger partial charge in [-0.3, -0.25) is 14.9 Å². The Morgan fingerprint density at radius 1 is 1.30 bits per heavy atom. The summed E-state index contributed by atoms with van der Waals surface area (Å²) in [5, 5.41) is 17.5. The molecule has 1 N–H and O–H groups in total. The summed E-state index contributed by atoms with van der Waals surface area (Å²) in [6, 6.07) is 11.5. The highest BCUT2D eigenvalue weighted by molar-refractivity contribution is 5.94. The first kappa shape index (κ1) is 18.1. The molecule has 9 heteroatoms. The lowest BCUT2D eigenvalue weighted by molar-refractivity contribution is -0.385. The van der Waals surface area contributed by atoms with Gasteiger partial charge in [-0.2, -0.15) is 4.98 Å². The van der Waals surface area contributed by atoms with Crippen LogP contribution in [-0.4, -0.2) is 28.1 Å². The van der Waals surface area contributed by atoms with Crippen LogP contribution in [0.4, 0.5) is 5.69 Å². The molecule has 0 fully saturated rings. The van der Waals surface area contributed by atoms with Crippen LogP contribution in [0.25, 0.3) is 11.4 Å². The van der Waals surface area contributed by atoms with Gasteiger partial charge in [-0.1, -0.05) is 23.4 Å². The topological polar surface area (TPSA) is 120 Å². The van der Waals surface area contributed by atoms with E-state index < -0.39 is 10.8 Å². The zero-order valence-corrected chi connectivity index (χ0v) is 14.6. The highest BCUT2D eigenvalue weighted by Gasteiger charge is 2.16. The van der Waals surface area contributed by atoms with Crippen molar-refractivity contribution in [3.05, 3.63) is 69.6 Å². The molecule has 138 valence electrons. The number of hydrogen-bond donors (Lipinski definition) is 1. The average Bonchev–Trinajstić information content (AvgIpc) is 3.15. The molecule has 0 unspecified atom stereocenters. The summed E-state index contributed by atoms with van der Waals surface area (Å²) in [6.45, 7) is 1.61. The number of benzene rings is 2. The van der Waals surface area contributed by atoms with Crippen molar-refractivity contribution in [2.45, 2.75) is 13.5 Å². The molecule has 2 aromatic carbocycles. The van der Waals surface area contributed by atoms with Crippen LogP contribution in [0, 0.1) is 17.0 Å². The molecule has 1 aromatic heterocycles. The second kappa shape index (κ2) is 7.65. The van der Waals surface area contributed by atoms with E-state index in [-0.39, 0.29) is 23.7 Å². The Bertz CT molecular complexity index is 999. The highest BCUT2D eigenvalue weighted by Crippen LogP contribution is 2.21. The molecular weight excluding hydrogens is 352 g/mol. The Kier molecular flexibility index (Phi) is 5.11. The summed E-state index contributed by atoms with van der Waals surface area (Å²) in [4.78, 5) is 26.9. The van der Waals surface area contributed by atoms with Crippen molar-refractivity contribution < 1.29 is 19.0 Å². The average molecular weight is 368 g/mol. The van der Waals surface area contributed by atoms with Gasteiger partial charge in [0.25, 0.3) is 11.6 Å². The molecule has 0 saturated carbocycles. The van der Waals surface area contributed by atoms with Gasteiger partial charge in [0.05, 0.1) is 18.6 Å². The molecule has 0 atom stereocenters. The molecule has 3 aromatic rings. The molecule has 0 bridgehead atoms. The van der Waals surface area contributed by atoms with Crippen molar-refractivity contribution in [2.24, 2.45) is 0 Å². The first-order valence-electron chi connectivity index (χ1n) is 7.98. The number of aryl methyl sites for hydroxylation is 1. The van der Waals surface area contributed by atoms with Crippen LogP contribution in [0.1, 0.15) is 21.8 Å². The third kappa shape index (κ3) is 4.09. The largest absolute Gasteiger partial charge is 0.497 e. The lowest BCUT2D eigenvalue weighted by Gasteiger charge is -2.03. The summed E-state index contributed by atoms with van der Waals surface area (Å²) in [6.07, 6.45) is 0. The predicted molar refractivity (Wildman–Crippen MR) is 95.3 cm³/mol. The molecular formula is C18H16N4O5. The van der Waals surface area contributed by atoms with Crippen LogP contribution in [0.2, 0.25) is 0 Å². The standard InChI is InChI=1S/C18H16N4O5/c1-11-6-7-13(9-15(11)22(24)25)18(23)19-10-16-20-17(21-27-16)12-4-3-5-14(8-12)26-2/h3-9H,10H2,1-2H3,(H,19,23). The monoisotopic (exact) mass is 368 g/mol. The van der Waals surface area contributed by atoms with Crippen LogP contribution in [0.3, 0.4) is 0 Å². The van der Waals surface area contributed by atoms with Crippen molar-refractivity contribution in [3.8, 4) is 17.1 Å². The van der Waals surface area contributed by atoms with E-state index in [0.717, 1.165) is 0 Å². The number of ether oxygens (including phenoxy) is 1. The minimum Gasteiger partial charge on any atom is -0.497 e. The summed E-state index contributed by atoms with van der Waals surface area (Å²) in [5.41, 5.74) is 1.27. The third-order valence-corrected chi connectivity index (χ3v) is 3.86. The van der Waals surface area contributed by atoms with E-state index in [1.165, 1.54) is 18.2 Å². The van der Waals surface area contributed by atoms with E-state index in [2.05, 4.69) is 15.5 Å². The maximum Gasteiger partial charge on any atom is 0.273 e. The molecule has 0 aliphatic heterocycles. The SMILES string of the molecule is COc1cccc(-c2noc(CNC(=O)c3ccc(C)c([N+](=O)[O-])c3)n2)c1. The fourth-order valence-corrected chi connectivity index (χ4v) is 2.41. The predicted octanol–water partition coefficient (Wildman–Crippen LogP) is 2.89. The minimum absolute atomic E-state index is 0.00250. The maximum absolute atomic E-state index is 12.2. The lowest BCUT2D eigenvalue weighted by Crippen LogP contribution is -2.23. The molecule has 9 nitrogen and oxygen atoms in total. The molecule has 0 aliphatic carbocycles. The van der Waals surface area contributed by atoms with Gasteiger partial charge in [0.15, 0.2) is 0 Å². The summed E-state index contributed by atoms with van der Waals surface area (Å²) >= 11 is 0. The van der Waals surface area contributed by atoms with Crippen molar-refractivity contribution in [2.75, 3.05) is 7.11 Å². The summed E-state index contributed by atoms with van der Waals surface area (Å²) < 4.78 is 10.3. The zero-order chi connectivity index (χ0) is 19.4. The molecule has 1 amide bonds. The first-order valence-corrected chi connectivity index (χ1v) is 7.98. The van der Waals surface area contributed by atoms with Crippen LogP contribution in [0.5, 0.6) is 5.75 Å². The number of methoxy groups -OCH3 is 1. The van der Waals surface area contributed by atoms with Crippen LogP contribution in [-0.2, 0) is 6.54 Å². The number of nitro benzene ring substituents is 1. The van der Waals surface area contributed by atoms with E-state index in [1.54, 1.807) is 38.3 Å². The van der Waals surface area contributed by atoms with Crippen LogP contribution in [0.15, 0.2) is 47.0 Å². The van der Waals surface area contributed by atoms with Gasteiger partial charge in [0.2, 0.25) is 11.7 Å². The van der Waals surface area contributed by atoms with Gasteiger partial charge in [-0.25, -0.2) is 0 Å². The van der Waals surface area contributed by atoms with Gasteiger partial charge in [0, 0.05) is 22.8 Å². The van der Waals surface area contributed by atoms with Gasteiger partial charge in [0.1, 0.15) is 5.75 Å².